The lowest BCUT2D eigenvalue weighted by molar-refractivity contribution is 1.09. The van der Waals surface area contributed by atoms with Crippen LogP contribution in [0.3, 0.4) is 0 Å². The van der Waals surface area contributed by atoms with Crippen molar-refractivity contribution in [1.82, 2.24) is 9.13 Å². The van der Waals surface area contributed by atoms with E-state index >= 15 is 0 Å². The summed E-state index contributed by atoms with van der Waals surface area (Å²) in [5.74, 6) is 0. The molecule has 0 saturated heterocycles. The first-order valence-corrected chi connectivity index (χ1v) is 17.6. The summed E-state index contributed by atoms with van der Waals surface area (Å²) >= 11 is 0. The molecule has 0 fully saturated rings. The highest BCUT2D eigenvalue weighted by Crippen LogP contribution is 2.43. The lowest BCUT2D eigenvalue weighted by Gasteiger charge is -2.35. The third kappa shape index (κ3) is 4.03. The predicted molar refractivity (Wildman–Crippen MR) is 214 cm³/mol. The number of benzene rings is 7. The van der Waals surface area contributed by atoms with Crippen LogP contribution in [0.2, 0.25) is 0 Å². The molecule has 0 atom stereocenters. The van der Waals surface area contributed by atoms with E-state index in [1.807, 2.05) is 0 Å². The summed E-state index contributed by atoms with van der Waals surface area (Å²) in [6, 6.07) is 63.7. The molecule has 2 aromatic heterocycles. The molecule has 238 valence electrons. The van der Waals surface area contributed by atoms with Gasteiger partial charge in [-0.1, -0.05) is 91.0 Å². The van der Waals surface area contributed by atoms with Crippen molar-refractivity contribution in [2.24, 2.45) is 0 Å². The normalized spacial score (nSPS) is 12.3. The SMILES string of the molecule is c1ccc(N(c2ccccc2)c2ccc3c4c2ccn4-c2cccc4c2B3c2ccc(N(c3ccccc3)c3ccccc3)c3ccn-4c23)cc1. The Morgan fingerprint density at radius 2 is 0.725 bits per heavy atom. The first-order chi connectivity index (χ1) is 25.3. The monoisotopic (exact) mass is 650 g/mol. The summed E-state index contributed by atoms with van der Waals surface area (Å²) in [7, 11) is 0. The summed E-state index contributed by atoms with van der Waals surface area (Å²) in [6.45, 7) is 0.0953. The first kappa shape index (κ1) is 28.2. The molecule has 4 heterocycles. The molecule has 0 bridgehead atoms. The number of hydrogen-bond donors (Lipinski definition) is 0. The maximum atomic E-state index is 2.42. The van der Waals surface area contributed by atoms with Crippen LogP contribution in [0.5, 0.6) is 0 Å². The van der Waals surface area contributed by atoms with E-state index in [9.17, 15) is 0 Å². The molecule has 0 unspecified atom stereocenters. The number of aromatic nitrogens is 2. The molecule has 4 nitrogen and oxygen atoms in total. The van der Waals surface area contributed by atoms with Gasteiger partial charge in [-0.05, 0) is 101 Å². The number of anilines is 6. The lowest BCUT2D eigenvalue weighted by atomic mass is 9.34. The van der Waals surface area contributed by atoms with Crippen molar-refractivity contribution in [2.75, 3.05) is 9.80 Å². The van der Waals surface area contributed by atoms with Crippen molar-refractivity contribution in [3.05, 3.63) is 188 Å². The fourth-order valence-corrected chi connectivity index (χ4v) is 8.70. The fraction of sp³-hybridized carbons (Fsp3) is 0. The molecule has 5 heteroatoms. The van der Waals surface area contributed by atoms with Crippen LogP contribution < -0.4 is 26.2 Å². The molecule has 2 aliphatic heterocycles. The molecule has 2 aliphatic rings. The molecular weight excluding hydrogens is 619 g/mol. The second-order valence-electron chi connectivity index (χ2n) is 13.4. The van der Waals surface area contributed by atoms with E-state index in [0.717, 1.165) is 22.7 Å². The van der Waals surface area contributed by atoms with Crippen LogP contribution in [-0.2, 0) is 0 Å². The van der Waals surface area contributed by atoms with E-state index < -0.39 is 0 Å². The third-order valence-corrected chi connectivity index (χ3v) is 10.7. The maximum Gasteiger partial charge on any atom is 0.252 e. The van der Waals surface area contributed by atoms with Crippen molar-refractivity contribution in [2.45, 2.75) is 0 Å². The number of para-hydroxylation sites is 4. The molecule has 11 rings (SSSR count). The highest BCUT2D eigenvalue weighted by molar-refractivity contribution is 7.00. The van der Waals surface area contributed by atoms with E-state index in [2.05, 4.69) is 207 Å². The van der Waals surface area contributed by atoms with Crippen LogP contribution >= 0.6 is 0 Å². The molecule has 0 spiro atoms. The van der Waals surface area contributed by atoms with E-state index in [1.54, 1.807) is 0 Å². The molecule has 7 aromatic carbocycles. The van der Waals surface area contributed by atoms with Gasteiger partial charge in [0.05, 0.1) is 22.4 Å². The van der Waals surface area contributed by atoms with E-state index in [0.29, 0.717) is 0 Å². The summed E-state index contributed by atoms with van der Waals surface area (Å²) in [5.41, 5.74) is 16.0. The smallest absolute Gasteiger partial charge is 0.252 e. The second-order valence-corrected chi connectivity index (χ2v) is 13.4. The molecule has 0 amide bonds. The van der Waals surface area contributed by atoms with Gasteiger partial charge in [-0.2, -0.15) is 0 Å². The van der Waals surface area contributed by atoms with Gasteiger partial charge < -0.3 is 18.9 Å². The van der Waals surface area contributed by atoms with Crippen LogP contribution in [0.1, 0.15) is 0 Å². The Hall–Kier alpha value is -6.72. The van der Waals surface area contributed by atoms with Crippen LogP contribution in [0.4, 0.5) is 34.1 Å². The van der Waals surface area contributed by atoms with Crippen molar-refractivity contribution in [3.63, 3.8) is 0 Å². The highest BCUT2D eigenvalue weighted by Gasteiger charge is 2.40. The van der Waals surface area contributed by atoms with Gasteiger partial charge in [0.15, 0.2) is 0 Å². The number of hydrogen-bond acceptors (Lipinski definition) is 2. The van der Waals surface area contributed by atoms with Crippen LogP contribution in [0.25, 0.3) is 33.2 Å². The average Bonchev–Trinajstić information content (AvgIpc) is 3.85. The number of fused-ring (bicyclic) bond motifs is 4. The van der Waals surface area contributed by atoms with Gasteiger partial charge in [-0.25, -0.2) is 0 Å². The van der Waals surface area contributed by atoms with Gasteiger partial charge in [0.1, 0.15) is 0 Å². The van der Waals surface area contributed by atoms with E-state index in [-0.39, 0.29) is 6.71 Å². The second kappa shape index (κ2) is 10.9. The summed E-state index contributed by atoms with van der Waals surface area (Å²) in [6.07, 6.45) is 4.53. The van der Waals surface area contributed by atoms with E-state index in [4.69, 9.17) is 0 Å². The van der Waals surface area contributed by atoms with Gasteiger partial charge in [-0.3, -0.25) is 0 Å². The van der Waals surface area contributed by atoms with Gasteiger partial charge in [0, 0.05) is 57.3 Å². The zero-order chi connectivity index (χ0) is 33.5. The van der Waals surface area contributed by atoms with Gasteiger partial charge in [0.25, 0.3) is 6.71 Å². The highest BCUT2D eigenvalue weighted by atomic mass is 15.2. The Bertz CT molecular complexity index is 2490. The maximum absolute atomic E-state index is 2.42. The Labute approximate surface area is 296 Å². The molecule has 9 aromatic rings. The lowest BCUT2D eigenvalue weighted by Crippen LogP contribution is -2.59. The molecular formula is C46H31BN4. The van der Waals surface area contributed by atoms with Gasteiger partial charge in [0.2, 0.25) is 0 Å². The molecule has 0 aliphatic carbocycles. The molecule has 0 N–H and O–H groups in total. The van der Waals surface area contributed by atoms with Gasteiger partial charge >= 0.3 is 0 Å². The van der Waals surface area contributed by atoms with Gasteiger partial charge in [-0.15, -0.1) is 0 Å². The third-order valence-electron chi connectivity index (χ3n) is 10.7. The summed E-state index contributed by atoms with van der Waals surface area (Å²) in [5, 5.41) is 2.48. The quantitative estimate of drug-likeness (QED) is 0.167. The Morgan fingerprint density at radius 1 is 0.353 bits per heavy atom. The number of rotatable bonds is 6. The number of nitrogens with zero attached hydrogens (tertiary/aromatic N) is 4. The zero-order valence-corrected chi connectivity index (χ0v) is 27.8. The van der Waals surface area contributed by atoms with Crippen molar-refractivity contribution in [1.29, 1.82) is 0 Å². The molecule has 0 saturated carbocycles. The minimum Gasteiger partial charge on any atom is -0.317 e. The van der Waals surface area contributed by atoms with Crippen molar-refractivity contribution in [3.8, 4) is 11.4 Å². The van der Waals surface area contributed by atoms with E-state index in [1.165, 1.54) is 60.9 Å². The Morgan fingerprint density at radius 3 is 1.10 bits per heavy atom. The van der Waals surface area contributed by atoms with Crippen LogP contribution in [-0.4, -0.2) is 15.8 Å². The minimum absolute atomic E-state index is 0.0953. The Kier molecular flexibility index (Phi) is 6.01. The topological polar surface area (TPSA) is 16.3 Å². The average molecular weight is 651 g/mol. The van der Waals surface area contributed by atoms with Crippen LogP contribution in [0, 0.1) is 0 Å². The zero-order valence-electron chi connectivity index (χ0n) is 27.8. The summed E-state index contributed by atoms with van der Waals surface area (Å²) < 4.78 is 4.84. The Balaban J connectivity index is 1.15. The summed E-state index contributed by atoms with van der Waals surface area (Å²) in [4.78, 5) is 4.77. The van der Waals surface area contributed by atoms with Crippen molar-refractivity contribution >= 4 is 79.0 Å². The molecule has 0 radical (unpaired) electrons. The van der Waals surface area contributed by atoms with Crippen molar-refractivity contribution < 1.29 is 0 Å². The largest absolute Gasteiger partial charge is 0.317 e. The first-order valence-electron chi connectivity index (χ1n) is 17.6. The predicted octanol–water partition coefficient (Wildman–Crippen LogP) is 9.66. The standard InChI is InChI=1S/C46H31BN4/c1-5-14-32(15-6-1)50(33-16-7-2-8-17-33)40-26-24-38-45-36(40)28-30-48(45)42-22-13-23-43-44(42)47(38)39-25-27-41(37-29-31-49(43)46(37)39)51(34-18-9-3-10-19-34)35-20-11-4-12-21-35/h1-31H. The molecule has 51 heavy (non-hydrogen) atoms. The fourth-order valence-electron chi connectivity index (χ4n) is 8.70. The van der Waals surface area contributed by atoms with Crippen LogP contribution in [0.15, 0.2) is 188 Å². The minimum atomic E-state index is 0.0953.